The third-order valence-electron chi connectivity index (χ3n) is 3.96. The molecule has 0 heterocycles. The molecule has 1 aromatic carbocycles. The number of thioether (sulfide) groups is 1. The molecule has 0 radical (unpaired) electrons. The maximum Gasteiger partial charge on any atom is 0.293 e. The molecule has 110 valence electrons. The largest absolute Gasteiger partial charge is 0.378 e. The van der Waals surface area contributed by atoms with Crippen molar-refractivity contribution in [2.45, 2.75) is 36.9 Å². The van der Waals surface area contributed by atoms with Gasteiger partial charge in [-0.05, 0) is 31.2 Å². The van der Waals surface area contributed by atoms with E-state index in [-0.39, 0.29) is 15.4 Å². The molecule has 0 amide bonds. The van der Waals surface area contributed by atoms with E-state index in [1.807, 2.05) is 11.8 Å². The van der Waals surface area contributed by atoms with Gasteiger partial charge in [-0.3, -0.25) is 10.1 Å². The number of hydrogen-bond donors (Lipinski definition) is 1. The van der Waals surface area contributed by atoms with E-state index in [1.165, 1.54) is 38.2 Å². The van der Waals surface area contributed by atoms with Gasteiger partial charge in [0.15, 0.2) is 0 Å². The van der Waals surface area contributed by atoms with Crippen LogP contribution in [0, 0.1) is 10.1 Å². The van der Waals surface area contributed by atoms with Crippen molar-refractivity contribution in [2.75, 3.05) is 18.1 Å². The van der Waals surface area contributed by atoms with E-state index >= 15 is 0 Å². The van der Waals surface area contributed by atoms with E-state index in [1.54, 1.807) is 12.1 Å². The number of hydrogen-bond acceptors (Lipinski definition) is 4. The van der Waals surface area contributed by atoms with Gasteiger partial charge in [0.1, 0.15) is 5.69 Å². The molecular formula is C14H19ClN2O2S. The summed E-state index contributed by atoms with van der Waals surface area (Å²) in [6.45, 7) is 0.761. The van der Waals surface area contributed by atoms with Crippen LogP contribution >= 0.6 is 23.4 Å². The second kappa shape index (κ2) is 6.68. The van der Waals surface area contributed by atoms with Crippen molar-refractivity contribution in [1.29, 1.82) is 0 Å². The van der Waals surface area contributed by atoms with Crippen LogP contribution in [-0.2, 0) is 0 Å². The van der Waals surface area contributed by atoms with Gasteiger partial charge in [0, 0.05) is 22.4 Å². The number of halogens is 1. The van der Waals surface area contributed by atoms with Gasteiger partial charge in [0.25, 0.3) is 5.69 Å². The first-order valence-electron chi connectivity index (χ1n) is 6.79. The summed E-state index contributed by atoms with van der Waals surface area (Å²) in [5.74, 6) is 0. The van der Waals surface area contributed by atoms with Gasteiger partial charge >= 0.3 is 0 Å². The Bertz CT molecular complexity index is 490. The van der Waals surface area contributed by atoms with Gasteiger partial charge in [0.05, 0.1) is 4.92 Å². The van der Waals surface area contributed by atoms with E-state index in [4.69, 9.17) is 11.6 Å². The first-order chi connectivity index (χ1) is 9.56. The molecule has 0 spiro atoms. The third-order valence-corrected chi connectivity index (χ3v) is 5.61. The van der Waals surface area contributed by atoms with Crippen molar-refractivity contribution in [1.82, 2.24) is 0 Å². The molecule has 0 aliphatic heterocycles. The highest BCUT2D eigenvalue weighted by molar-refractivity contribution is 8.00. The van der Waals surface area contributed by atoms with Crippen molar-refractivity contribution >= 4 is 34.7 Å². The highest BCUT2D eigenvalue weighted by atomic mass is 35.5. The average Bonchev–Trinajstić information content (AvgIpc) is 2.47. The minimum atomic E-state index is -0.388. The van der Waals surface area contributed by atoms with Crippen LogP contribution in [0.1, 0.15) is 32.1 Å². The number of rotatable bonds is 5. The topological polar surface area (TPSA) is 55.2 Å². The van der Waals surface area contributed by atoms with Crippen LogP contribution in [0.4, 0.5) is 11.4 Å². The van der Waals surface area contributed by atoms with E-state index < -0.39 is 0 Å². The van der Waals surface area contributed by atoms with E-state index in [0.29, 0.717) is 10.7 Å². The van der Waals surface area contributed by atoms with Crippen LogP contribution in [0.5, 0.6) is 0 Å². The molecule has 4 nitrogen and oxygen atoms in total. The van der Waals surface area contributed by atoms with Gasteiger partial charge in [-0.15, -0.1) is 0 Å². The zero-order chi connectivity index (χ0) is 14.6. The Labute approximate surface area is 128 Å². The Morgan fingerprint density at radius 2 is 2.10 bits per heavy atom. The van der Waals surface area contributed by atoms with E-state index in [2.05, 4.69) is 11.6 Å². The van der Waals surface area contributed by atoms with Gasteiger partial charge < -0.3 is 5.32 Å². The molecule has 0 unspecified atom stereocenters. The lowest BCUT2D eigenvalue weighted by molar-refractivity contribution is -0.383. The Morgan fingerprint density at radius 3 is 2.70 bits per heavy atom. The lowest BCUT2D eigenvalue weighted by Gasteiger charge is -2.36. The molecule has 2 rings (SSSR count). The Kier molecular flexibility index (Phi) is 5.16. The summed E-state index contributed by atoms with van der Waals surface area (Å²) >= 11 is 7.70. The van der Waals surface area contributed by atoms with Gasteiger partial charge in [-0.1, -0.05) is 30.9 Å². The smallest absolute Gasteiger partial charge is 0.293 e. The molecule has 0 atom stereocenters. The van der Waals surface area contributed by atoms with Crippen LogP contribution in [0.3, 0.4) is 0 Å². The highest BCUT2D eigenvalue weighted by Gasteiger charge is 2.31. The molecule has 1 aliphatic rings. The Balaban J connectivity index is 2.11. The monoisotopic (exact) mass is 314 g/mol. The molecule has 0 bridgehead atoms. The van der Waals surface area contributed by atoms with Crippen molar-refractivity contribution in [3.63, 3.8) is 0 Å². The first kappa shape index (κ1) is 15.4. The van der Waals surface area contributed by atoms with Crippen LogP contribution in [0.15, 0.2) is 18.2 Å². The quantitative estimate of drug-likeness (QED) is 0.630. The van der Waals surface area contributed by atoms with Crippen LogP contribution in [0.25, 0.3) is 0 Å². The second-order valence-corrected chi connectivity index (χ2v) is 6.93. The molecule has 1 aromatic rings. The predicted octanol–water partition coefficient (Wildman–Crippen LogP) is 4.73. The number of nitro benzene ring substituents is 1. The van der Waals surface area contributed by atoms with Crippen molar-refractivity contribution in [3.8, 4) is 0 Å². The van der Waals surface area contributed by atoms with E-state index in [9.17, 15) is 10.1 Å². The normalized spacial score (nSPS) is 17.7. The Hall–Kier alpha value is -0.940. The summed E-state index contributed by atoms with van der Waals surface area (Å²) in [6.07, 6.45) is 8.24. The zero-order valence-corrected chi connectivity index (χ0v) is 13.1. The first-order valence-corrected chi connectivity index (χ1v) is 8.40. The average molecular weight is 315 g/mol. The molecule has 1 N–H and O–H groups in total. The van der Waals surface area contributed by atoms with Crippen LogP contribution in [-0.4, -0.2) is 22.5 Å². The molecular weight excluding hydrogens is 296 g/mol. The highest BCUT2D eigenvalue weighted by Crippen LogP contribution is 2.39. The van der Waals surface area contributed by atoms with Crippen molar-refractivity contribution < 1.29 is 4.92 Å². The Morgan fingerprint density at radius 1 is 1.40 bits per heavy atom. The molecule has 6 heteroatoms. The standard InChI is InChI=1S/C14H19ClN2O2S/c1-20-14(7-3-2-4-8-14)10-16-12-6-5-11(15)9-13(12)17(18)19/h5-6,9,16H,2-4,7-8,10H2,1H3. The summed E-state index contributed by atoms with van der Waals surface area (Å²) in [6, 6.07) is 4.78. The predicted molar refractivity (Wildman–Crippen MR) is 85.9 cm³/mol. The minimum absolute atomic E-state index is 0.0459. The molecule has 1 saturated carbocycles. The van der Waals surface area contributed by atoms with Gasteiger partial charge in [-0.2, -0.15) is 11.8 Å². The number of nitro groups is 1. The lowest BCUT2D eigenvalue weighted by Crippen LogP contribution is -2.35. The van der Waals surface area contributed by atoms with E-state index in [0.717, 1.165) is 6.54 Å². The molecule has 0 aromatic heterocycles. The molecule has 1 fully saturated rings. The fourth-order valence-corrected chi connectivity index (χ4v) is 3.79. The summed E-state index contributed by atoms with van der Waals surface area (Å²) in [7, 11) is 0. The fraction of sp³-hybridized carbons (Fsp3) is 0.571. The minimum Gasteiger partial charge on any atom is -0.378 e. The summed E-state index contributed by atoms with van der Waals surface area (Å²) < 4.78 is 0.200. The summed E-state index contributed by atoms with van der Waals surface area (Å²) in [5.41, 5.74) is 0.600. The number of nitrogens with zero attached hydrogens (tertiary/aromatic N) is 1. The van der Waals surface area contributed by atoms with Crippen molar-refractivity contribution in [3.05, 3.63) is 33.3 Å². The van der Waals surface area contributed by atoms with Gasteiger partial charge in [0.2, 0.25) is 0 Å². The number of nitrogens with one attached hydrogen (secondary N) is 1. The molecule has 0 saturated heterocycles. The van der Waals surface area contributed by atoms with Crippen molar-refractivity contribution in [2.24, 2.45) is 0 Å². The fourth-order valence-electron chi connectivity index (χ4n) is 2.71. The maximum atomic E-state index is 11.1. The number of anilines is 1. The summed E-state index contributed by atoms with van der Waals surface area (Å²) in [4.78, 5) is 10.7. The van der Waals surface area contributed by atoms with Crippen LogP contribution < -0.4 is 5.32 Å². The number of benzene rings is 1. The second-order valence-electron chi connectivity index (χ2n) is 5.22. The molecule has 20 heavy (non-hydrogen) atoms. The van der Waals surface area contributed by atoms with Crippen LogP contribution in [0.2, 0.25) is 5.02 Å². The summed E-state index contributed by atoms with van der Waals surface area (Å²) in [5, 5.41) is 14.7. The lowest BCUT2D eigenvalue weighted by atomic mass is 9.88. The van der Waals surface area contributed by atoms with Gasteiger partial charge in [-0.25, -0.2) is 0 Å². The maximum absolute atomic E-state index is 11.1. The SMILES string of the molecule is CSC1(CNc2ccc(Cl)cc2[N+](=O)[O-])CCCCC1. The third kappa shape index (κ3) is 3.58. The molecule has 1 aliphatic carbocycles. The zero-order valence-electron chi connectivity index (χ0n) is 11.5.